The molecule has 1 N–H and O–H groups in total. The molecule has 1 amide bonds. The first-order valence-electron chi connectivity index (χ1n) is 7.64. The summed E-state index contributed by atoms with van der Waals surface area (Å²) in [7, 11) is 0. The lowest BCUT2D eigenvalue weighted by molar-refractivity contribution is 0.102. The van der Waals surface area contributed by atoms with E-state index < -0.39 is 5.91 Å². The topological polar surface area (TPSA) is 103 Å². The third-order valence-corrected chi connectivity index (χ3v) is 4.59. The number of nitrogens with zero attached hydrogens (tertiary/aromatic N) is 5. The van der Waals surface area contributed by atoms with Gasteiger partial charge in [-0.25, -0.2) is 15.0 Å². The molecule has 0 aliphatic carbocycles. The summed E-state index contributed by atoms with van der Waals surface area (Å²) < 4.78 is 1.47. The molecule has 9 heteroatoms. The highest BCUT2D eigenvalue weighted by Crippen LogP contribution is 2.22. The predicted molar refractivity (Wildman–Crippen MR) is 97.2 cm³/mol. The van der Waals surface area contributed by atoms with E-state index in [1.807, 2.05) is 6.07 Å². The van der Waals surface area contributed by atoms with E-state index in [9.17, 15) is 9.59 Å². The number of carbonyl (C=O) groups excluding carboxylic acids is 1. The van der Waals surface area contributed by atoms with Crippen LogP contribution in [0.4, 0.5) is 5.69 Å². The van der Waals surface area contributed by atoms with Crippen LogP contribution in [0, 0.1) is 0 Å². The maximum Gasteiger partial charge on any atom is 0.263 e. The summed E-state index contributed by atoms with van der Waals surface area (Å²) >= 11 is 1.25. The van der Waals surface area contributed by atoms with Crippen molar-refractivity contribution < 1.29 is 4.79 Å². The second kappa shape index (κ2) is 6.81. The number of aromatic nitrogens is 5. The second-order valence-electron chi connectivity index (χ2n) is 5.45. The lowest BCUT2D eigenvalue weighted by Gasteiger charge is -2.06. The largest absolute Gasteiger partial charge is 0.319 e. The summed E-state index contributed by atoms with van der Waals surface area (Å²) in [5.74, 6) is -0.399. The molecular weight excluding hydrogens is 352 g/mol. The van der Waals surface area contributed by atoms with Gasteiger partial charge in [-0.15, -0.1) is 11.3 Å². The maximum absolute atomic E-state index is 12.9. The summed E-state index contributed by atoms with van der Waals surface area (Å²) in [6.07, 6.45) is 9.18. The third-order valence-electron chi connectivity index (χ3n) is 3.70. The molecule has 0 saturated heterocycles. The Balaban J connectivity index is 1.71. The molecule has 0 aromatic carbocycles. The molecule has 0 unspecified atom stereocenters. The van der Waals surface area contributed by atoms with Crippen LogP contribution in [0.3, 0.4) is 0 Å². The van der Waals surface area contributed by atoms with Crippen molar-refractivity contribution in [3.63, 3.8) is 0 Å². The van der Waals surface area contributed by atoms with Crippen molar-refractivity contribution in [2.45, 2.75) is 6.54 Å². The first-order valence-corrected chi connectivity index (χ1v) is 8.52. The van der Waals surface area contributed by atoms with E-state index in [4.69, 9.17) is 0 Å². The van der Waals surface area contributed by atoms with Gasteiger partial charge in [0.2, 0.25) is 0 Å². The Bertz CT molecular complexity index is 1120. The third kappa shape index (κ3) is 3.07. The normalized spacial score (nSPS) is 10.8. The highest BCUT2D eigenvalue weighted by atomic mass is 32.1. The van der Waals surface area contributed by atoms with E-state index >= 15 is 0 Å². The number of thiophene rings is 1. The molecular formula is C17H12N6O2S. The van der Waals surface area contributed by atoms with Gasteiger partial charge in [-0.1, -0.05) is 6.07 Å². The molecule has 8 nitrogen and oxygen atoms in total. The number of fused-ring (bicyclic) bond motifs is 1. The molecule has 4 aromatic heterocycles. The van der Waals surface area contributed by atoms with Gasteiger partial charge in [0.1, 0.15) is 11.2 Å². The lowest BCUT2D eigenvalue weighted by Crippen LogP contribution is -2.23. The SMILES string of the molecule is O=C(Nc1cncnc1)c1csc2ncn(Cc3cccnc3)c(=O)c12. The van der Waals surface area contributed by atoms with Crippen molar-refractivity contribution >= 4 is 33.1 Å². The number of rotatable bonds is 4. The summed E-state index contributed by atoms with van der Waals surface area (Å²) in [5, 5.41) is 4.62. The van der Waals surface area contributed by atoms with Crippen molar-refractivity contribution in [3.8, 4) is 0 Å². The van der Waals surface area contributed by atoms with Crippen LogP contribution in [0.25, 0.3) is 10.2 Å². The molecule has 0 aliphatic heterocycles. The molecule has 0 atom stereocenters. The number of carbonyl (C=O) groups is 1. The number of amides is 1. The zero-order valence-electron chi connectivity index (χ0n) is 13.4. The van der Waals surface area contributed by atoms with Gasteiger partial charge in [-0.3, -0.25) is 19.1 Å². The van der Waals surface area contributed by atoms with Crippen LogP contribution in [-0.4, -0.2) is 30.4 Å². The summed E-state index contributed by atoms with van der Waals surface area (Å²) in [5.41, 5.74) is 1.34. The van der Waals surface area contributed by atoms with E-state index in [1.165, 1.54) is 41.0 Å². The zero-order chi connectivity index (χ0) is 17.9. The van der Waals surface area contributed by atoms with Gasteiger partial charge in [-0.05, 0) is 11.6 Å². The summed E-state index contributed by atoms with van der Waals surface area (Å²) in [6, 6.07) is 3.68. The Kier molecular flexibility index (Phi) is 4.20. The Morgan fingerprint density at radius 1 is 1.19 bits per heavy atom. The van der Waals surface area contributed by atoms with Gasteiger partial charge in [-0.2, -0.15) is 0 Å². The van der Waals surface area contributed by atoms with Crippen LogP contribution in [0.1, 0.15) is 15.9 Å². The predicted octanol–water partition coefficient (Wildman–Crippen LogP) is 1.94. The van der Waals surface area contributed by atoms with E-state index in [2.05, 4.69) is 25.3 Å². The van der Waals surface area contributed by atoms with Gasteiger partial charge < -0.3 is 5.32 Å². The number of hydrogen-bond acceptors (Lipinski definition) is 7. The Labute approximate surface area is 151 Å². The quantitative estimate of drug-likeness (QED) is 0.594. The minimum absolute atomic E-state index is 0.269. The highest BCUT2D eigenvalue weighted by Gasteiger charge is 2.18. The fourth-order valence-corrected chi connectivity index (χ4v) is 3.38. The van der Waals surface area contributed by atoms with Gasteiger partial charge in [0.25, 0.3) is 11.5 Å². The number of nitrogens with one attached hydrogen (secondary N) is 1. The van der Waals surface area contributed by atoms with Crippen LogP contribution in [0.2, 0.25) is 0 Å². The molecule has 0 bridgehead atoms. The summed E-state index contributed by atoms with van der Waals surface area (Å²) in [4.78, 5) is 42.0. The molecule has 4 heterocycles. The van der Waals surface area contributed by atoms with E-state index in [-0.39, 0.29) is 11.1 Å². The zero-order valence-corrected chi connectivity index (χ0v) is 14.2. The molecule has 0 spiro atoms. The molecule has 0 aliphatic rings. The average Bonchev–Trinajstić information content (AvgIpc) is 3.11. The standard InChI is InChI=1S/C17H12N6O2S/c24-15(22-12-5-19-9-20-6-12)13-8-26-16-14(13)17(25)23(10-21-16)7-11-2-1-3-18-4-11/h1-6,8-10H,7H2,(H,22,24). The Morgan fingerprint density at radius 2 is 2.04 bits per heavy atom. The van der Waals surface area contributed by atoms with Crippen LogP contribution >= 0.6 is 11.3 Å². The van der Waals surface area contributed by atoms with Gasteiger partial charge >= 0.3 is 0 Å². The smallest absolute Gasteiger partial charge is 0.263 e. The molecule has 0 saturated carbocycles. The fraction of sp³-hybridized carbons (Fsp3) is 0.0588. The number of hydrogen-bond donors (Lipinski definition) is 1. The van der Waals surface area contributed by atoms with E-state index in [1.54, 1.807) is 23.8 Å². The fourth-order valence-electron chi connectivity index (χ4n) is 2.50. The van der Waals surface area contributed by atoms with Gasteiger partial charge in [0, 0.05) is 17.8 Å². The number of anilines is 1. The van der Waals surface area contributed by atoms with Crippen LogP contribution in [0.5, 0.6) is 0 Å². The molecule has 4 aromatic rings. The van der Waals surface area contributed by atoms with Crippen molar-refractivity contribution in [2.75, 3.05) is 5.32 Å². The van der Waals surface area contributed by atoms with Gasteiger partial charge in [0.05, 0.1) is 41.9 Å². The van der Waals surface area contributed by atoms with Crippen LogP contribution in [0.15, 0.2) is 59.7 Å². The van der Waals surface area contributed by atoms with E-state index in [0.717, 1.165) is 5.56 Å². The van der Waals surface area contributed by atoms with Crippen molar-refractivity contribution in [1.82, 2.24) is 24.5 Å². The minimum atomic E-state index is -0.399. The Hall–Kier alpha value is -3.46. The maximum atomic E-state index is 12.9. The minimum Gasteiger partial charge on any atom is -0.319 e. The molecule has 0 radical (unpaired) electrons. The first kappa shape index (κ1) is 16.0. The molecule has 26 heavy (non-hydrogen) atoms. The Morgan fingerprint density at radius 3 is 2.81 bits per heavy atom. The second-order valence-corrected chi connectivity index (χ2v) is 6.31. The van der Waals surface area contributed by atoms with Crippen LogP contribution in [-0.2, 0) is 6.54 Å². The van der Waals surface area contributed by atoms with Crippen molar-refractivity contribution in [2.24, 2.45) is 0 Å². The lowest BCUT2D eigenvalue weighted by atomic mass is 10.2. The van der Waals surface area contributed by atoms with Crippen LogP contribution < -0.4 is 10.9 Å². The van der Waals surface area contributed by atoms with Gasteiger partial charge in [0.15, 0.2) is 0 Å². The molecule has 4 rings (SSSR count). The monoisotopic (exact) mass is 364 g/mol. The van der Waals surface area contributed by atoms with Crippen molar-refractivity contribution in [3.05, 3.63) is 76.4 Å². The highest BCUT2D eigenvalue weighted by molar-refractivity contribution is 7.17. The van der Waals surface area contributed by atoms with E-state index in [0.29, 0.717) is 22.4 Å². The molecule has 128 valence electrons. The number of pyridine rings is 1. The van der Waals surface area contributed by atoms with Crippen molar-refractivity contribution in [1.29, 1.82) is 0 Å². The summed E-state index contributed by atoms with van der Waals surface area (Å²) in [6.45, 7) is 0.332. The average molecular weight is 364 g/mol. The molecule has 0 fully saturated rings. The first-order chi connectivity index (χ1) is 12.7.